The molecule has 2 rings (SSSR count). The van der Waals surface area contributed by atoms with Gasteiger partial charge in [-0.15, -0.1) is 0 Å². The summed E-state index contributed by atoms with van der Waals surface area (Å²) in [5, 5.41) is 10.1. The molecule has 1 atom stereocenters. The van der Waals surface area contributed by atoms with Gasteiger partial charge in [0.1, 0.15) is 11.6 Å². The Kier molecular flexibility index (Phi) is 5.31. The molecule has 1 aromatic rings. The Bertz CT molecular complexity index is 516. The van der Waals surface area contributed by atoms with E-state index in [9.17, 15) is 14.3 Å². The standard InChI is InChI=1S/C16H22FNO3/c1-11(19)15-7-14(17)6-13(16(15)20)9-18-5-3-4-12(8-18)10-21-2/h6-7,12,20H,3-5,8-10H2,1-2H3. The molecule has 0 bridgehead atoms. The quantitative estimate of drug-likeness (QED) is 0.848. The number of ether oxygens (including phenoxy) is 1. The van der Waals surface area contributed by atoms with Crippen LogP contribution < -0.4 is 0 Å². The van der Waals surface area contributed by atoms with Gasteiger partial charge in [0.25, 0.3) is 0 Å². The van der Waals surface area contributed by atoms with Crippen LogP contribution in [0, 0.1) is 11.7 Å². The number of methoxy groups -OCH3 is 1. The highest BCUT2D eigenvalue weighted by Crippen LogP contribution is 2.27. The van der Waals surface area contributed by atoms with Crippen LogP contribution in [0.15, 0.2) is 12.1 Å². The molecule has 0 aliphatic carbocycles. The lowest BCUT2D eigenvalue weighted by Crippen LogP contribution is -2.36. The molecule has 1 heterocycles. The van der Waals surface area contributed by atoms with E-state index in [0.29, 0.717) is 24.6 Å². The number of phenolic OH excluding ortho intramolecular Hbond substituents is 1. The normalized spacial score (nSPS) is 19.7. The van der Waals surface area contributed by atoms with Crippen molar-refractivity contribution in [2.24, 2.45) is 5.92 Å². The number of carbonyl (C=O) groups is 1. The van der Waals surface area contributed by atoms with Crippen molar-refractivity contribution in [3.8, 4) is 5.75 Å². The highest BCUT2D eigenvalue weighted by molar-refractivity contribution is 5.97. The van der Waals surface area contributed by atoms with E-state index in [-0.39, 0.29) is 17.1 Å². The minimum atomic E-state index is -0.488. The number of halogens is 1. The number of carbonyl (C=O) groups excluding carboxylic acids is 1. The second-order valence-corrected chi connectivity index (χ2v) is 5.72. The van der Waals surface area contributed by atoms with Crippen molar-refractivity contribution >= 4 is 5.78 Å². The van der Waals surface area contributed by atoms with Gasteiger partial charge >= 0.3 is 0 Å². The highest BCUT2D eigenvalue weighted by atomic mass is 19.1. The molecule has 0 amide bonds. The van der Waals surface area contributed by atoms with Gasteiger partial charge in [0.05, 0.1) is 12.2 Å². The summed E-state index contributed by atoms with van der Waals surface area (Å²) < 4.78 is 18.8. The molecule has 21 heavy (non-hydrogen) atoms. The Balaban J connectivity index is 2.13. The number of hydrogen-bond acceptors (Lipinski definition) is 4. The largest absolute Gasteiger partial charge is 0.507 e. The number of nitrogens with zero attached hydrogens (tertiary/aromatic N) is 1. The number of likely N-dealkylation sites (tertiary alicyclic amines) is 1. The molecular weight excluding hydrogens is 273 g/mol. The molecule has 1 saturated heterocycles. The van der Waals surface area contributed by atoms with Crippen molar-refractivity contribution in [3.05, 3.63) is 29.1 Å². The Morgan fingerprint density at radius 3 is 2.95 bits per heavy atom. The van der Waals surface area contributed by atoms with Gasteiger partial charge in [-0.3, -0.25) is 9.69 Å². The van der Waals surface area contributed by atoms with Gasteiger partial charge in [0, 0.05) is 25.8 Å². The molecule has 0 spiro atoms. The zero-order chi connectivity index (χ0) is 15.4. The van der Waals surface area contributed by atoms with Gasteiger partial charge in [-0.2, -0.15) is 0 Å². The summed E-state index contributed by atoms with van der Waals surface area (Å²) in [6.07, 6.45) is 2.18. The molecule has 0 radical (unpaired) electrons. The average Bonchev–Trinajstić information content (AvgIpc) is 2.43. The first-order valence-electron chi connectivity index (χ1n) is 7.25. The van der Waals surface area contributed by atoms with Gasteiger partial charge in [-0.05, 0) is 44.4 Å². The molecule has 0 aromatic heterocycles. The van der Waals surface area contributed by atoms with Gasteiger partial charge in [0.15, 0.2) is 5.78 Å². The summed E-state index contributed by atoms with van der Waals surface area (Å²) in [6.45, 7) is 4.26. The molecule has 4 nitrogen and oxygen atoms in total. The Hall–Kier alpha value is -1.46. The second kappa shape index (κ2) is 7.00. The van der Waals surface area contributed by atoms with E-state index in [0.717, 1.165) is 32.0 Å². The monoisotopic (exact) mass is 295 g/mol. The second-order valence-electron chi connectivity index (χ2n) is 5.72. The first-order chi connectivity index (χ1) is 10.0. The average molecular weight is 295 g/mol. The number of benzene rings is 1. The molecule has 1 aliphatic heterocycles. The zero-order valence-corrected chi connectivity index (χ0v) is 12.6. The minimum Gasteiger partial charge on any atom is -0.507 e. The maximum atomic E-state index is 13.6. The predicted octanol–water partition coefficient (Wildman–Crippen LogP) is 2.59. The SMILES string of the molecule is COCC1CCCN(Cc2cc(F)cc(C(C)=O)c2O)C1. The molecule has 1 unspecified atom stereocenters. The lowest BCUT2D eigenvalue weighted by Gasteiger charge is -2.32. The first-order valence-corrected chi connectivity index (χ1v) is 7.25. The molecule has 1 aliphatic rings. The predicted molar refractivity (Wildman–Crippen MR) is 77.9 cm³/mol. The van der Waals surface area contributed by atoms with Crippen LogP contribution in [0.25, 0.3) is 0 Å². The van der Waals surface area contributed by atoms with Crippen LogP contribution in [0.2, 0.25) is 0 Å². The number of hydrogen-bond donors (Lipinski definition) is 1. The summed E-state index contributed by atoms with van der Waals surface area (Å²) in [4.78, 5) is 13.6. The zero-order valence-electron chi connectivity index (χ0n) is 12.6. The van der Waals surface area contributed by atoms with Crippen LogP contribution in [0.4, 0.5) is 4.39 Å². The fourth-order valence-corrected chi connectivity index (χ4v) is 2.95. The third kappa shape index (κ3) is 4.02. The van der Waals surface area contributed by atoms with Crippen LogP contribution in [-0.4, -0.2) is 42.6 Å². The van der Waals surface area contributed by atoms with E-state index in [1.54, 1.807) is 7.11 Å². The van der Waals surface area contributed by atoms with Crippen molar-refractivity contribution in [1.82, 2.24) is 4.90 Å². The fourth-order valence-electron chi connectivity index (χ4n) is 2.95. The number of piperidine rings is 1. The van der Waals surface area contributed by atoms with E-state index in [1.165, 1.54) is 13.0 Å². The van der Waals surface area contributed by atoms with Gasteiger partial charge in [-0.25, -0.2) is 4.39 Å². The number of rotatable bonds is 5. The van der Waals surface area contributed by atoms with Crippen molar-refractivity contribution in [1.29, 1.82) is 0 Å². The summed E-state index contributed by atoms with van der Waals surface area (Å²) in [7, 11) is 1.69. The number of aromatic hydroxyl groups is 1. The van der Waals surface area contributed by atoms with Crippen molar-refractivity contribution in [3.63, 3.8) is 0 Å². The van der Waals surface area contributed by atoms with Crippen LogP contribution in [0.5, 0.6) is 5.75 Å². The van der Waals surface area contributed by atoms with Crippen molar-refractivity contribution < 1.29 is 19.0 Å². The highest BCUT2D eigenvalue weighted by Gasteiger charge is 2.22. The van der Waals surface area contributed by atoms with Crippen LogP contribution in [0.1, 0.15) is 35.7 Å². The molecule has 5 heteroatoms. The molecule has 1 aromatic carbocycles. The van der Waals surface area contributed by atoms with E-state index in [2.05, 4.69) is 4.90 Å². The maximum absolute atomic E-state index is 13.6. The maximum Gasteiger partial charge on any atom is 0.163 e. The van der Waals surface area contributed by atoms with E-state index < -0.39 is 5.82 Å². The number of ketones is 1. The van der Waals surface area contributed by atoms with Gasteiger partial charge in [0.2, 0.25) is 0 Å². The Labute approximate surface area is 124 Å². The summed E-state index contributed by atoms with van der Waals surface area (Å²) in [5.41, 5.74) is 0.522. The smallest absolute Gasteiger partial charge is 0.163 e. The molecule has 1 N–H and O–H groups in total. The van der Waals surface area contributed by atoms with E-state index in [4.69, 9.17) is 4.74 Å². The van der Waals surface area contributed by atoms with Crippen LogP contribution in [-0.2, 0) is 11.3 Å². The third-order valence-corrected chi connectivity index (χ3v) is 3.93. The first kappa shape index (κ1) is 15.9. The van der Waals surface area contributed by atoms with E-state index >= 15 is 0 Å². The number of Topliss-reactive ketones (excluding diaryl/α,β-unsaturated/α-hetero) is 1. The van der Waals surface area contributed by atoms with Crippen molar-refractivity contribution in [2.45, 2.75) is 26.3 Å². The fraction of sp³-hybridized carbons (Fsp3) is 0.562. The lowest BCUT2D eigenvalue weighted by atomic mass is 9.98. The third-order valence-electron chi connectivity index (χ3n) is 3.93. The van der Waals surface area contributed by atoms with Gasteiger partial charge in [-0.1, -0.05) is 0 Å². The summed E-state index contributed by atoms with van der Waals surface area (Å²) >= 11 is 0. The number of phenols is 1. The van der Waals surface area contributed by atoms with Crippen LogP contribution >= 0.6 is 0 Å². The van der Waals surface area contributed by atoms with Crippen molar-refractivity contribution in [2.75, 3.05) is 26.8 Å². The topological polar surface area (TPSA) is 49.8 Å². The summed E-state index contributed by atoms with van der Waals surface area (Å²) in [6, 6.07) is 2.40. The minimum absolute atomic E-state index is 0.0513. The van der Waals surface area contributed by atoms with E-state index in [1.807, 2.05) is 0 Å². The molecule has 116 valence electrons. The molecule has 0 saturated carbocycles. The summed E-state index contributed by atoms with van der Waals surface area (Å²) in [5.74, 6) is -0.452. The Morgan fingerprint density at radius 1 is 1.52 bits per heavy atom. The Morgan fingerprint density at radius 2 is 2.29 bits per heavy atom. The van der Waals surface area contributed by atoms with Gasteiger partial charge < -0.3 is 9.84 Å². The lowest BCUT2D eigenvalue weighted by molar-refractivity contribution is 0.0869. The molecule has 1 fully saturated rings. The van der Waals surface area contributed by atoms with Crippen LogP contribution in [0.3, 0.4) is 0 Å². The molecular formula is C16H22FNO3.